The molecule has 0 spiro atoms. The maximum absolute atomic E-state index is 12.5. The number of rotatable bonds is 4. The van der Waals surface area contributed by atoms with Crippen molar-refractivity contribution in [2.75, 3.05) is 7.11 Å². The summed E-state index contributed by atoms with van der Waals surface area (Å²) in [6.45, 7) is 4.05. The first-order valence-electron chi connectivity index (χ1n) is 6.47. The molecule has 0 amide bonds. The Morgan fingerprint density at radius 1 is 1.37 bits per heavy atom. The van der Waals surface area contributed by atoms with Crippen LogP contribution in [0.1, 0.15) is 31.0 Å². The summed E-state index contributed by atoms with van der Waals surface area (Å²) >= 11 is 6.09. The Morgan fingerprint density at radius 3 is 2.74 bits per heavy atom. The molecule has 0 saturated carbocycles. The van der Waals surface area contributed by atoms with Gasteiger partial charge in [0.15, 0.2) is 5.43 Å². The molecule has 4 heteroatoms. The summed E-state index contributed by atoms with van der Waals surface area (Å²) in [7, 11) is 1.56. The topological polar surface area (TPSA) is 42.1 Å². The third kappa shape index (κ3) is 2.61. The van der Waals surface area contributed by atoms with Crippen molar-refractivity contribution < 1.29 is 4.74 Å². The highest BCUT2D eigenvalue weighted by Gasteiger charge is 2.11. The Labute approximate surface area is 117 Å². The fraction of sp³-hybridized carbons (Fsp3) is 0.400. The van der Waals surface area contributed by atoms with Crippen LogP contribution in [0.4, 0.5) is 0 Å². The molecule has 1 N–H and O–H groups in total. The largest absolute Gasteiger partial charge is 0.495 e. The van der Waals surface area contributed by atoms with Gasteiger partial charge in [0.2, 0.25) is 0 Å². The zero-order valence-electron chi connectivity index (χ0n) is 11.5. The van der Waals surface area contributed by atoms with Gasteiger partial charge in [-0.1, -0.05) is 24.9 Å². The van der Waals surface area contributed by atoms with Crippen molar-refractivity contribution in [1.29, 1.82) is 0 Å². The molecule has 0 fully saturated rings. The number of H-pyrrole nitrogens is 1. The molecular formula is C15H18ClNO2. The summed E-state index contributed by atoms with van der Waals surface area (Å²) in [5.41, 5.74) is 2.62. The number of aryl methyl sites for hydroxylation is 1. The molecule has 19 heavy (non-hydrogen) atoms. The van der Waals surface area contributed by atoms with E-state index in [0.717, 1.165) is 36.0 Å². The van der Waals surface area contributed by atoms with Crippen LogP contribution in [-0.2, 0) is 6.42 Å². The minimum absolute atomic E-state index is 0.0734. The summed E-state index contributed by atoms with van der Waals surface area (Å²) in [5.74, 6) is 0.575. The van der Waals surface area contributed by atoms with Gasteiger partial charge in [-0.3, -0.25) is 4.79 Å². The Morgan fingerprint density at radius 2 is 2.11 bits per heavy atom. The molecule has 102 valence electrons. The average molecular weight is 280 g/mol. The lowest BCUT2D eigenvalue weighted by atomic mass is 10.0. The Bertz CT molecular complexity index is 661. The molecule has 0 aliphatic rings. The third-order valence-corrected chi connectivity index (χ3v) is 3.66. The monoisotopic (exact) mass is 279 g/mol. The first-order valence-corrected chi connectivity index (χ1v) is 6.85. The number of fused-ring (bicyclic) bond motifs is 1. The maximum atomic E-state index is 12.5. The Kier molecular flexibility index (Phi) is 4.15. The number of pyridine rings is 1. The molecule has 0 radical (unpaired) electrons. The van der Waals surface area contributed by atoms with Crippen LogP contribution < -0.4 is 10.2 Å². The number of aromatic amines is 1. The van der Waals surface area contributed by atoms with Gasteiger partial charge in [0.05, 0.1) is 17.6 Å². The number of hydrogen-bond acceptors (Lipinski definition) is 2. The van der Waals surface area contributed by atoms with Gasteiger partial charge >= 0.3 is 0 Å². The fourth-order valence-corrected chi connectivity index (χ4v) is 2.51. The molecule has 0 atom stereocenters. The number of nitrogens with one attached hydrogen (secondary N) is 1. The lowest BCUT2D eigenvalue weighted by Gasteiger charge is -2.10. The molecule has 1 heterocycles. The molecule has 1 aromatic carbocycles. The predicted octanol–water partition coefficient (Wildman–Crippen LogP) is 3.84. The van der Waals surface area contributed by atoms with E-state index in [9.17, 15) is 4.79 Å². The molecule has 2 rings (SSSR count). The Balaban J connectivity index is 2.67. The highest BCUT2D eigenvalue weighted by atomic mass is 35.5. The smallest absolute Gasteiger partial charge is 0.192 e. The highest BCUT2D eigenvalue weighted by Crippen LogP contribution is 2.28. The zero-order chi connectivity index (χ0) is 14.0. The number of hydrogen-bond donors (Lipinski definition) is 1. The van der Waals surface area contributed by atoms with Gasteiger partial charge < -0.3 is 9.72 Å². The lowest BCUT2D eigenvalue weighted by molar-refractivity contribution is 0.415. The van der Waals surface area contributed by atoms with Crippen molar-refractivity contribution in [3.05, 3.63) is 38.6 Å². The molecule has 0 saturated heterocycles. The van der Waals surface area contributed by atoms with Crippen molar-refractivity contribution in [3.8, 4) is 5.75 Å². The summed E-state index contributed by atoms with van der Waals surface area (Å²) in [6, 6.07) is 3.46. The lowest BCUT2D eigenvalue weighted by Crippen LogP contribution is -2.13. The van der Waals surface area contributed by atoms with E-state index in [-0.39, 0.29) is 5.43 Å². The van der Waals surface area contributed by atoms with Crippen molar-refractivity contribution in [2.45, 2.75) is 33.1 Å². The molecule has 3 nitrogen and oxygen atoms in total. The van der Waals surface area contributed by atoms with Crippen LogP contribution in [-0.4, -0.2) is 12.1 Å². The van der Waals surface area contributed by atoms with Crippen molar-refractivity contribution >= 4 is 22.5 Å². The summed E-state index contributed by atoms with van der Waals surface area (Å²) in [4.78, 5) is 15.8. The van der Waals surface area contributed by atoms with Crippen LogP contribution in [0, 0.1) is 6.92 Å². The number of benzene rings is 1. The number of unbranched alkanes of at least 4 members (excludes halogenated alkanes) is 1. The first-order chi connectivity index (χ1) is 9.08. The number of halogens is 1. The van der Waals surface area contributed by atoms with E-state index in [1.807, 2.05) is 6.92 Å². The third-order valence-electron chi connectivity index (χ3n) is 3.37. The minimum atomic E-state index is 0.0734. The van der Waals surface area contributed by atoms with Gasteiger partial charge in [-0.05, 0) is 25.8 Å². The van der Waals surface area contributed by atoms with Gasteiger partial charge in [0, 0.05) is 22.7 Å². The van der Waals surface area contributed by atoms with Crippen LogP contribution in [0.5, 0.6) is 5.75 Å². The average Bonchev–Trinajstić information content (AvgIpc) is 2.39. The van der Waals surface area contributed by atoms with E-state index >= 15 is 0 Å². The first kappa shape index (κ1) is 13.9. The van der Waals surface area contributed by atoms with Crippen molar-refractivity contribution in [3.63, 3.8) is 0 Å². The van der Waals surface area contributed by atoms with Crippen LogP contribution in [0.25, 0.3) is 10.9 Å². The van der Waals surface area contributed by atoms with Crippen LogP contribution in [0.15, 0.2) is 16.9 Å². The number of ether oxygens (including phenoxy) is 1. The van der Waals surface area contributed by atoms with Crippen molar-refractivity contribution in [1.82, 2.24) is 4.98 Å². The van der Waals surface area contributed by atoms with E-state index in [4.69, 9.17) is 16.3 Å². The quantitative estimate of drug-likeness (QED) is 0.924. The van der Waals surface area contributed by atoms with E-state index < -0.39 is 0 Å². The second-order valence-electron chi connectivity index (χ2n) is 4.69. The van der Waals surface area contributed by atoms with E-state index in [2.05, 4.69) is 11.9 Å². The zero-order valence-corrected chi connectivity index (χ0v) is 12.2. The van der Waals surface area contributed by atoms with Crippen LogP contribution in [0.2, 0.25) is 5.02 Å². The molecule has 0 bridgehead atoms. The Hall–Kier alpha value is -1.48. The summed E-state index contributed by atoms with van der Waals surface area (Å²) < 4.78 is 5.17. The fourth-order valence-electron chi connectivity index (χ4n) is 2.27. The van der Waals surface area contributed by atoms with E-state index in [1.54, 1.807) is 19.2 Å². The standard InChI is InChI=1S/C15H18ClNO2/c1-4-5-6-10-9(2)17-13-8-14(19-3)12(16)7-11(13)15(10)18/h7-8H,4-6H2,1-3H3,(H,17,18). The van der Waals surface area contributed by atoms with Crippen molar-refractivity contribution in [2.24, 2.45) is 0 Å². The van der Waals surface area contributed by atoms with Gasteiger partial charge in [0.1, 0.15) is 5.75 Å². The summed E-state index contributed by atoms with van der Waals surface area (Å²) in [6.07, 6.45) is 2.89. The van der Waals surface area contributed by atoms with E-state index in [0.29, 0.717) is 16.2 Å². The minimum Gasteiger partial charge on any atom is -0.495 e. The highest BCUT2D eigenvalue weighted by molar-refractivity contribution is 6.32. The van der Waals surface area contributed by atoms with Crippen LogP contribution in [0.3, 0.4) is 0 Å². The van der Waals surface area contributed by atoms with Crippen LogP contribution >= 0.6 is 11.6 Å². The second kappa shape index (κ2) is 5.66. The predicted molar refractivity (Wildman–Crippen MR) is 79.5 cm³/mol. The molecule has 2 aromatic rings. The van der Waals surface area contributed by atoms with Gasteiger partial charge in [-0.25, -0.2) is 0 Å². The molecule has 0 unspecified atom stereocenters. The summed E-state index contributed by atoms with van der Waals surface area (Å²) in [5, 5.41) is 1.09. The number of aromatic nitrogens is 1. The number of methoxy groups -OCH3 is 1. The normalized spacial score (nSPS) is 10.9. The molecule has 1 aromatic heterocycles. The SMILES string of the molecule is CCCCc1c(C)[nH]c2cc(OC)c(Cl)cc2c1=O. The van der Waals surface area contributed by atoms with E-state index in [1.165, 1.54) is 0 Å². The van der Waals surface area contributed by atoms with Gasteiger partial charge in [-0.15, -0.1) is 0 Å². The van der Waals surface area contributed by atoms with Gasteiger partial charge in [-0.2, -0.15) is 0 Å². The molecular weight excluding hydrogens is 262 g/mol. The maximum Gasteiger partial charge on any atom is 0.192 e. The van der Waals surface area contributed by atoms with Gasteiger partial charge in [0.25, 0.3) is 0 Å². The molecule has 0 aliphatic heterocycles. The molecule has 0 aliphatic carbocycles. The second-order valence-corrected chi connectivity index (χ2v) is 5.10.